The molecular formula is C42H70O4. The summed E-state index contributed by atoms with van der Waals surface area (Å²) in [6.07, 6.45) is 52.0. The van der Waals surface area contributed by atoms with Crippen LogP contribution in [0.2, 0.25) is 0 Å². The third kappa shape index (κ3) is 35.9. The van der Waals surface area contributed by atoms with Gasteiger partial charge in [-0.2, -0.15) is 0 Å². The normalized spacial score (nSPS) is 13.1. The van der Waals surface area contributed by atoms with E-state index in [1.165, 1.54) is 64.2 Å². The summed E-state index contributed by atoms with van der Waals surface area (Å²) in [6.45, 7) is 4.42. The molecule has 4 nitrogen and oxygen atoms in total. The lowest BCUT2D eigenvalue weighted by Gasteiger charge is -2.18. The van der Waals surface area contributed by atoms with Crippen LogP contribution in [0.5, 0.6) is 0 Å². The molecule has 0 heterocycles. The van der Waals surface area contributed by atoms with Crippen LogP contribution in [-0.4, -0.2) is 23.1 Å². The van der Waals surface area contributed by atoms with Crippen molar-refractivity contribution in [3.8, 4) is 0 Å². The average molecular weight is 639 g/mol. The van der Waals surface area contributed by atoms with Crippen molar-refractivity contribution < 1.29 is 19.4 Å². The molecule has 0 aromatic rings. The van der Waals surface area contributed by atoms with Crippen molar-refractivity contribution in [2.75, 3.05) is 0 Å². The molecule has 1 unspecified atom stereocenters. The summed E-state index contributed by atoms with van der Waals surface area (Å²) in [5.74, 6) is -0.850. The Morgan fingerprint density at radius 2 is 0.891 bits per heavy atom. The van der Waals surface area contributed by atoms with E-state index in [4.69, 9.17) is 9.84 Å². The number of hydrogen-bond acceptors (Lipinski definition) is 3. The summed E-state index contributed by atoms with van der Waals surface area (Å²) >= 11 is 0. The standard InChI is InChI=1S/C42H70O4/c1-3-5-7-9-11-13-15-16-17-18-19-20-21-22-24-26-28-30-35-39-42(45)46-40(37-33-31-34-38-41(43)44)36-32-29-27-25-23-14-12-10-8-6-4-2/h5,7,11,13,16-17,19-20,22,24,28,30,40H,3-4,6,8-10,12,14-15,18,21,23,25-27,29,31-39H2,1-2H3,(H,43,44)/b7-5-,13-11-,17-16-,20-19-,24-22-,30-28-. The van der Waals surface area contributed by atoms with Gasteiger partial charge in [-0.3, -0.25) is 9.59 Å². The molecule has 46 heavy (non-hydrogen) atoms. The van der Waals surface area contributed by atoms with Crippen LogP contribution in [-0.2, 0) is 14.3 Å². The fraction of sp³-hybridized carbons (Fsp3) is 0.667. The van der Waals surface area contributed by atoms with Gasteiger partial charge in [0.1, 0.15) is 6.10 Å². The minimum absolute atomic E-state index is 0.0406. The van der Waals surface area contributed by atoms with Gasteiger partial charge in [0, 0.05) is 12.8 Å². The van der Waals surface area contributed by atoms with Crippen molar-refractivity contribution in [3.63, 3.8) is 0 Å². The summed E-state index contributed by atoms with van der Waals surface area (Å²) in [5, 5.41) is 8.88. The van der Waals surface area contributed by atoms with Crippen molar-refractivity contribution >= 4 is 11.9 Å². The summed E-state index contributed by atoms with van der Waals surface area (Å²) in [6, 6.07) is 0. The molecule has 0 aromatic carbocycles. The number of aliphatic carboxylic acids is 1. The number of carbonyl (C=O) groups is 2. The lowest BCUT2D eigenvalue weighted by atomic mass is 10.0. The third-order valence-electron chi connectivity index (χ3n) is 7.96. The number of allylic oxidation sites excluding steroid dienone is 12. The zero-order valence-corrected chi connectivity index (χ0v) is 29.9. The van der Waals surface area contributed by atoms with Gasteiger partial charge in [-0.05, 0) is 77.0 Å². The van der Waals surface area contributed by atoms with E-state index >= 15 is 0 Å². The monoisotopic (exact) mass is 639 g/mol. The molecule has 0 aliphatic rings. The number of esters is 1. The second kappa shape index (κ2) is 36.8. The van der Waals surface area contributed by atoms with Crippen LogP contribution >= 0.6 is 0 Å². The highest BCUT2D eigenvalue weighted by atomic mass is 16.5. The highest BCUT2D eigenvalue weighted by molar-refractivity contribution is 5.69. The molecule has 1 atom stereocenters. The first-order chi connectivity index (χ1) is 22.6. The Balaban J connectivity index is 4.12. The van der Waals surface area contributed by atoms with Crippen LogP contribution in [0.1, 0.15) is 174 Å². The number of ether oxygens (including phenoxy) is 1. The Hall–Kier alpha value is -2.62. The molecule has 0 fully saturated rings. The lowest BCUT2D eigenvalue weighted by molar-refractivity contribution is -0.149. The second-order valence-electron chi connectivity index (χ2n) is 12.4. The lowest BCUT2D eigenvalue weighted by Crippen LogP contribution is -2.18. The molecule has 0 spiro atoms. The van der Waals surface area contributed by atoms with Crippen molar-refractivity contribution in [1.82, 2.24) is 0 Å². The topological polar surface area (TPSA) is 63.6 Å². The largest absolute Gasteiger partial charge is 0.481 e. The molecule has 262 valence electrons. The number of rotatable bonds is 33. The van der Waals surface area contributed by atoms with Gasteiger partial charge in [0.05, 0.1) is 0 Å². The van der Waals surface area contributed by atoms with Gasteiger partial charge < -0.3 is 9.84 Å². The van der Waals surface area contributed by atoms with Gasteiger partial charge in [-0.1, -0.05) is 157 Å². The van der Waals surface area contributed by atoms with Crippen LogP contribution in [0.25, 0.3) is 0 Å². The van der Waals surface area contributed by atoms with Gasteiger partial charge in [-0.25, -0.2) is 0 Å². The zero-order chi connectivity index (χ0) is 33.6. The van der Waals surface area contributed by atoms with Crippen molar-refractivity contribution in [2.24, 2.45) is 0 Å². The predicted molar refractivity (Wildman–Crippen MR) is 199 cm³/mol. The van der Waals surface area contributed by atoms with E-state index in [9.17, 15) is 9.59 Å². The van der Waals surface area contributed by atoms with E-state index in [-0.39, 0.29) is 18.5 Å². The molecule has 0 aliphatic heterocycles. The first-order valence-electron chi connectivity index (χ1n) is 18.9. The first kappa shape index (κ1) is 43.4. The fourth-order valence-electron chi connectivity index (χ4n) is 5.21. The van der Waals surface area contributed by atoms with E-state index in [1.54, 1.807) is 0 Å². The molecule has 4 heteroatoms. The van der Waals surface area contributed by atoms with E-state index in [1.807, 2.05) is 0 Å². The predicted octanol–water partition coefficient (Wildman–Crippen LogP) is 13.1. The molecule has 0 radical (unpaired) electrons. The van der Waals surface area contributed by atoms with Crippen molar-refractivity contribution in [1.29, 1.82) is 0 Å². The number of carboxylic acids is 1. The number of carbonyl (C=O) groups excluding carboxylic acids is 1. The maximum atomic E-state index is 12.5. The van der Waals surface area contributed by atoms with Crippen molar-refractivity contribution in [3.05, 3.63) is 72.9 Å². The number of hydrogen-bond donors (Lipinski definition) is 1. The van der Waals surface area contributed by atoms with E-state index in [0.29, 0.717) is 19.3 Å². The average Bonchev–Trinajstić information content (AvgIpc) is 3.04. The minimum atomic E-state index is -0.738. The summed E-state index contributed by atoms with van der Waals surface area (Å²) in [5.41, 5.74) is 0. The molecular weight excluding hydrogens is 568 g/mol. The molecule has 1 N–H and O–H groups in total. The maximum Gasteiger partial charge on any atom is 0.306 e. The number of carboxylic acid groups (broad SMARTS) is 1. The molecule has 0 aliphatic carbocycles. The smallest absolute Gasteiger partial charge is 0.306 e. The zero-order valence-electron chi connectivity index (χ0n) is 29.9. The minimum Gasteiger partial charge on any atom is -0.481 e. The van der Waals surface area contributed by atoms with E-state index < -0.39 is 5.97 Å². The van der Waals surface area contributed by atoms with Gasteiger partial charge in [0.25, 0.3) is 0 Å². The van der Waals surface area contributed by atoms with Crippen LogP contribution in [0.4, 0.5) is 0 Å². The first-order valence-corrected chi connectivity index (χ1v) is 18.9. The summed E-state index contributed by atoms with van der Waals surface area (Å²) in [4.78, 5) is 23.3. The quantitative estimate of drug-likeness (QED) is 0.0441. The summed E-state index contributed by atoms with van der Waals surface area (Å²) in [7, 11) is 0. The Kier molecular flexibility index (Phi) is 34.7. The second-order valence-corrected chi connectivity index (χ2v) is 12.4. The maximum absolute atomic E-state index is 12.5. The van der Waals surface area contributed by atoms with E-state index in [0.717, 1.165) is 70.6 Å². The third-order valence-corrected chi connectivity index (χ3v) is 7.96. The molecule has 0 rings (SSSR count). The van der Waals surface area contributed by atoms with Crippen LogP contribution in [0.15, 0.2) is 72.9 Å². The van der Waals surface area contributed by atoms with Gasteiger partial charge in [0.2, 0.25) is 0 Å². The fourth-order valence-corrected chi connectivity index (χ4v) is 5.21. The SMILES string of the molecule is CC/C=C\C/C=C\C/C=C\C/C=C\C/C=C\C/C=C\CCC(=O)OC(CCCCCCCCCCCCC)CCCCCC(=O)O. The molecule has 0 amide bonds. The Morgan fingerprint density at radius 1 is 0.500 bits per heavy atom. The van der Waals surface area contributed by atoms with Gasteiger partial charge in [-0.15, -0.1) is 0 Å². The Labute approximate surface area is 284 Å². The van der Waals surface area contributed by atoms with Gasteiger partial charge in [0.15, 0.2) is 0 Å². The van der Waals surface area contributed by atoms with Crippen LogP contribution in [0, 0.1) is 0 Å². The molecule has 0 saturated heterocycles. The highest BCUT2D eigenvalue weighted by Gasteiger charge is 2.14. The van der Waals surface area contributed by atoms with Gasteiger partial charge >= 0.3 is 11.9 Å². The molecule has 0 aromatic heterocycles. The van der Waals surface area contributed by atoms with Crippen molar-refractivity contribution in [2.45, 2.75) is 180 Å². The van der Waals surface area contributed by atoms with Crippen LogP contribution in [0.3, 0.4) is 0 Å². The Bertz CT molecular complexity index is 861. The van der Waals surface area contributed by atoms with Crippen LogP contribution < -0.4 is 0 Å². The summed E-state index contributed by atoms with van der Waals surface area (Å²) < 4.78 is 5.89. The number of unbranched alkanes of at least 4 members (excludes halogenated alkanes) is 12. The van der Waals surface area contributed by atoms with E-state index in [2.05, 4.69) is 86.8 Å². The Morgan fingerprint density at radius 3 is 1.33 bits per heavy atom. The molecule has 0 bridgehead atoms. The highest BCUT2D eigenvalue weighted by Crippen LogP contribution is 2.18. The molecule has 0 saturated carbocycles.